The van der Waals surface area contributed by atoms with Crippen molar-refractivity contribution >= 4 is 14.0 Å². The molecule has 0 heterocycles. The van der Waals surface area contributed by atoms with Gasteiger partial charge in [0.1, 0.15) is 0 Å². The topological polar surface area (TPSA) is 21.3 Å². The second-order valence-electron chi connectivity index (χ2n) is 7.38. The van der Waals surface area contributed by atoms with E-state index in [1.807, 2.05) is 0 Å². The molecule has 1 N–H and O–H groups in total. The summed E-state index contributed by atoms with van der Waals surface area (Å²) in [6, 6.07) is 6.73. The quantitative estimate of drug-likeness (QED) is 0.760. The molecular weight excluding hydrogens is 262 g/mol. The molecule has 0 aromatic heterocycles. The highest BCUT2D eigenvalue weighted by Crippen LogP contribution is 2.36. The van der Waals surface area contributed by atoms with Crippen molar-refractivity contribution in [2.75, 3.05) is 11.9 Å². The van der Waals surface area contributed by atoms with E-state index in [1.54, 1.807) is 0 Å². The minimum Gasteiger partial charge on any atom is -0.415 e. The predicted octanol–water partition coefficient (Wildman–Crippen LogP) is 5.13. The minimum atomic E-state index is -1.65. The van der Waals surface area contributed by atoms with Crippen molar-refractivity contribution in [2.24, 2.45) is 0 Å². The number of benzene rings is 1. The molecule has 0 spiro atoms. The Morgan fingerprint density at radius 2 is 1.65 bits per heavy atom. The standard InChI is InChI=1S/C17H31NOSi/c1-13-10-9-11-14(2)16(13)18-15(3)12-19-20(7,8)17(4,5)6/h9-11,15,18H,12H2,1-8H3. The molecule has 114 valence electrons. The van der Waals surface area contributed by atoms with Crippen LogP contribution in [0, 0.1) is 13.8 Å². The molecule has 20 heavy (non-hydrogen) atoms. The van der Waals surface area contributed by atoms with Gasteiger partial charge in [-0.2, -0.15) is 0 Å². The lowest BCUT2D eigenvalue weighted by Crippen LogP contribution is -2.43. The van der Waals surface area contributed by atoms with E-state index in [9.17, 15) is 0 Å². The Bertz CT molecular complexity index is 429. The average molecular weight is 294 g/mol. The molecule has 1 rings (SSSR count). The largest absolute Gasteiger partial charge is 0.415 e. The highest BCUT2D eigenvalue weighted by molar-refractivity contribution is 6.74. The van der Waals surface area contributed by atoms with E-state index < -0.39 is 8.32 Å². The van der Waals surface area contributed by atoms with Crippen molar-refractivity contribution in [2.45, 2.75) is 65.7 Å². The van der Waals surface area contributed by atoms with E-state index in [4.69, 9.17) is 4.43 Å². The molecule has 0 amide bonds. The third-order valence-corrected chi connectivity index (χ3v) is 8.87. The third kappa shape index (κ3) is 4.35. The van der Waals surface area contributed by atoms with E-state index in [0.29, 0.717) is 6.04 Å². The molecule has 1 atom stereocenters. The van der Waals surface area contributed by atoms with E-state index >= 15 is 0 Å². The summed E-state index contributed by atoms with van der Waals surface area (Å²) in [7, 11) is -1.65. The van der Waals surface area contributed by atoms with Crippen LogP contribution >= 0.6 is 0 Å². The third-order valence-electron chi connectivity index (χ3n) is 4.37. The van der Waals surface area contributed by atoms with Gasteiger partial charge >= 0.3 is 0 Å². The minimum absolute atomic E-state index is 0.269. The number of hydrogen-bond donors (Lipinski definition) is 1. The second-order valence-corrected chi connectivity index (χ2v) is 12.2. The average Bonchev–Trinajstić information content (AvgIpc) is 2.30. The molecule has 0 saturated carbocycles. The van der Waals surface area contributed by atoms with Crippen LogP contribution in [0.25, 0.3) is 0 Å². The fraction of sp³-hybridized carbons (Fsp3) is 0.647. The van der Waals surface area contributed by atoms with E-state index in [1.165, 1.54) is 16.8 Å². The lowest BCUT2D eigenvalue weighted by Gasteiger charge is -2.37. The van der Waals surface area contributed by atoms with Crippen LogP contribution in [0.2, 0.25) is 18.1 Å². The maximum absolute atomic E-state index is 6.28. The van der Waals surface area contributed by atoms with Crippen LogP contribution in [0.4, 0.5) is 5.69 Å². The van der Waals surface area contributed by atoms with Gasteiger partial charge in [-0.05, 0) is 50.0 Å². The molecule has 0 aliphatic carbocycles. The van der Waals surface area contributed by atoms with Gasteiger partial charge in [0, 0.05) is 11.7 Å². The zero-order valence-electron chi connectivity index (χ0n) is 14.4. The van der Waals surface area contributed by atoms with Gasteiger partial charge in [0.2, 0.25) is 0 Å². The van der Waals surface area contributed by atoms with Gasteiger partial charge in [-0.3, -0.25) is 0 Å². The Morgan fingerprint density at radius 3 is 2.10 bits per heavy atom. The number of aryl methyl sites for hydroxylation is 2. The number of nitrogens with one attached hydrogen (secondary N) is 1. The predicted molar refractivity (Wildman–Crippen MR) is 92.1 cm³/mol. The van der Waals surface area contributed by atoms with E-state index in [2.05, 4.69) is 78.2 Å². The molecular formula is C17H31NOSi. The van der Waals surface area contributed by atoms with Crippen LogP contribution in [0.5, 0.6) is 0 Å². The monoisotopic (exact) mass is 293 g/mol. The van der Waals surface area contributed by atoms with Crippen molar-refractivity contribution in [1.29, 1.82) is 0 Å². The molecule has 0 fully saturated rings. The van der Waals surface area contributed by atoms with Crippen molar-refractivity contribution in [1.82, 2.24) is 0 Å². The van der Waals surface area contributed by atoms with Crippen molar-refractivity contribution in [3.05, 3.63) is 29.3 Å². The van der Waals surface area contributed by atoms with Gasteiger partial charge in [-0.25, -0.2) is 0 Å². The lowest BCUT2D eigenvalue weighted by molar-refractivity contribution is 0.276. The maximum Gasteiger partial charge on any atom is 0.192 e. The van der Waals surface area contributed by atoms with Gasteiger partial charge in [0.15, 0.2) is 8.32 Å². The number of anilines is 1. The molecule has 2 nitrogen and oxygen atoms in total. The Morgan fingerprint density at radius 1 is 1.15 bits per heavy atom. The SMILES string of the molecule is Cc1cccc(C)c1NC(C)CO[Si](C)(C)C(C)(C)C. The highest BCUT2D eigenvalue weighted by atomic mass is 28.4. The summed E-state index contributed by atoms with van der Waals surface area (Å²) >= 11 is 0. The van der Waals surface area contributed by atoms with Crippen LogP contribution in [-0.4, -0.2) is 21.0 Å². The summed E-state index contributed by atoms with van der Waals surface area (Å²) in [6.45, 7) is 18.7. The van der Waals surface area contributed by atoms with Crippen LogP contribution < -0.4 is 5.32 Å². The van der Waals surface area contributed by atoms with Crippen LogP contribution in [0.3, 0.4) is 0 Å². The summed E-state index contributed by atoms with van der Waals surface area (Å²) in [5, 5.41) is 3.87. The Balaban J connectivity index is 2.63. The fourth-order valence-corrected chi connectivity index (χ4v) is 2.98. The van der Waals surface area contributed by atoms with Gasteiger partial charge in [-0.15, -0.1) is 0 Å². The zero-order valence-corrected chi connectivity index (χ0v) is 15.4. The van der Waals surface area contributed by atoms with Crippen LogP contribution in [0.15, 0.2) is 18.2 Å². The van der Waals surface area contributed by atoms with E-state index in [-0.39, 0.29) is 5.04 Å². The second kappa shape index (κ2) is 6.31. The maximum atomic E-state index is 6.28. The molecule has 0 bridgehead atoms. The summed E-state index contributed by atoms with van der Waals surface area (Å²) < 4.78 is 6.28. The van der Waals surface area contributed by atoms with E-state index in [0.717, 1.165) is 6.61 Å². The van der Waals surface area contributed by atoms with Crippen molar-refractivity contribution < 1.29 is 4.43 Å². The number of hydrogen-bond acceptors (Lipinski definition) is 2. The van der Waals surface area contributed by atoms with Crippen molar-refractivity contribution in [3.8, 4) is 0 Å². The van der Waals surface area contributed by atoms with Crippen LogP contribution in [0.1, 0.15) is 38.8 Å². The highest BCUT2D eigenvalue weighted by Gasteiger charge is 2.37. The number of rotatable bonds is 5. The van der Waals surface area contributed by atoms with Crippen LogP contribution in [-0.2, 0) is 4.43 Å². The van der Waals surface area contributed by atoms with Gasteiger partial charge in [0.05, 0.1) is 6.61 Å². The Labute approximate surface area is 126 Å². The normalized spacial score (nSPS) is 14.2. The zero-order chi connectivity index (χ0) is 15.6. The Kier molecular flexibility index (Phi) is 5.44. The summed E-state index contributed by atoms with van der Waals surface area (Å²) in [5.74, 6) is 0. The molecule has 0 saturated heterocycles. The molecule has 1 aromatic carbocycles. The Hall–Kier alpha value is -0.803. The number of para-hydroxylation sites is 1. The van der Waals surface area contributed by atoms with Gasteiger partial charge in [-0.1, -0.05) is 39.0 Å². The lowest BCUT2D eigenvalue weighted by atomic mass is 10.1. The first kappa shape index (κ1) is 17.2. The first-order valence-electron chi connectivity index (χ1n) is 7.51. The van der Waals surface area contributed by atoms with Crippen molar-refractivity contribution in [3.63, 3.8) is 0 Å². The molecule has 0 aliphatic heterocycles. The molecule has 3 heteroatoms. The molecule has 0 aliphatic rings. The molecule has 1 aromatic rings. The van der Waals surface area contributed by atoms with Gasteiger partial charge in [0.25, 0.3) is 0 Å². The van der Waals surface area contributed by atoms with Gasteiger partial charge < -0.3 is 9.74 Å². The fourth-order valence-electron chi connectivity index (χ4n) is 1.88. The smallest absolute Gasteiger partial charge is 0.192 e. The molecule has 1 unspecified atom stereocenters. The first-order valence-corrected chi connectivity index (χ1v) is 10.4. The first-order chi connectivity index (χ1) is 9.04. The summed E-state index contributed by atoms with van der Waals surface area (Å²) in [5.41, 5.74) is 3.84. The summed E-state index contributed by atoms with van der Waals surface area (Å²) in [4.78, 5) is 0. The molecule has 0 radical (unpaired) electrons. The summed E-state index contributed by atoms with van der Waals surface area (Å²) in [6.07, 6.45) is 0.